The molecular formula is C25H25ClFN5O3. The maximum absolute atomic E-state index is 14.5. The van der Waals surface area contributed by atoms with Gasteiger partial charge in [-0.05, 0) is 44.9 Å². The summed E-state index contributed by atoms with van der Waals surface area (Å²) in [6, 6.07) is 10.5. The van der Waals surface area contributed by atoms with E-state index < -0.39 is 17.3 Å². The number of amides is 2. The number of nitrogens with one attached hydrogen (secondary N) is 1. The Hall–Kier alpha value is -3.48. The van der Waals surface area contributed by atoms with Gasteiger partial charge in [0.15, 0.2) is 11.8 Å². The second kappa shape index (κ2) is 9.64. The number of anilines is 1. The third kappa shape index (κ3) is 4.72. The first kappa shape index (κ1) is 24.6. The molecule has 0 aromatic heterocycles. The predicted octanol–water partition coefficient (Wildman–Crippen LogP) is 3.93. The quantitative estimate of drug-likeness (QED) is 0.662. The molecule has 4 rings (SSSR count). The van der Waals surface area contributed by atoms with Gasteiger partial charge in [-0.2, -0.15) is 5.26 Å². The molecule has 0 unspecified atom stereocenters. The van der Waals surface area contributed by atoms with Crippen LogP contribution in [0.5, 0.6) is 0 Å². The van der Waals surface area contributed by atoms with Crippen LogP contribution in [0.25, 0.3) is 0 Å². The van der Waals surface area contributed by atoms with Crippen molar-refractivity contribution in [1.29, 1.82) is 5.26 Å². The van der Waals surface area contributed by atoms with E-state index in [2.05, 4.69) is 10.3 Å². The molecule has 2 aliphatic rings. The minimum Gasteiger partial charge on any atom is -0.378 e. The fourth-order valence-electron chi connectivity index (χ4n) is 4.64. The number of carbonyl (C=O) groups is 2. The van der Waals surface area contributed by atoms with Crippen molar-refractivity contribution in [2.75, 3.05) is 11.9 Å². The fraction of sp³-hybridized carbons (Fsp3) is 0.360. The zero-order valence-corrected chi connectivity index (χ0v) is 20.1. The molecule has 0 spiro atoms. The van der Waals surface area contributed by atoms with Gasteiger partial charge >= 0.3 is 0 Å². The van der Waals surface area contributed by atoms with E-state index in [-0.39, 0.29) is 52.3 Å². The van der Waals surface area contributed by atoms with Crippen molar-refractivity contribution in [3.8, 4) is 6.07 Å². The van der Waals surface area contributed by atoms with Crippen LogP contribution < -0.4 is 11.1 Å². The number of guanidine groups is 1. The number of hydrogen-bond acceptors (Lipinski definition) is 6. The van der Waals surface area contributed by atoms with Gasteiger partial charge in [-0.25, -0.2) is 9.38 Å². The molecule has 0 radical (unpaired) electrons. The van der Waals surface area contributed by atoms with Crippen molar-refractivity contribution < 1.29 is 18.7 Å². The Morgan fingerprint density at radius 1 is 1.37 bits per heavy atom. The van der Waals surface area contributed by atoms with Crippen LogP contribution in [0, 0.1) is 17.1 Å². The molecule has 2 heterocycles. The van der Waals surface area contributed by atoms with Crippen LogP contribution in [0.15, 0.2) is 41.4 Å². The highest BCUT2D eigenvalue weighted by Crippen LogP contribution is 2.41. The van der Waals surface area contributed by atoms with Crippen LogP contribution in [-0.4, -0.2) is 41.4 Å². The van der Waals surface area contributed by atoms with E-state index in [0.717, 1.165) is 0 Å². The van der Waals surface area contributed by atoms with E-state index in [9.17, 15) is 14.0 Å². The number of carbonyl (C=O) groups excluding carboxylic acids is 2. The average molecular weight is 498 g/mol. The SMILES string of the molecule is C[C@@H]1C[C@H](N2C(=O)C[C@@](C)(c3cccc(NC(=O)c4cccc(C#N)c4F)c3Cl)N=C2N)CCO1. The van der Waals surface area contributed by atoms with E-state index in [0.29, 0.717) is 25.0 Å². The summed E-state index contributed by atoms with van der Waals surface area (Å²) in [7, 11) is 0. The molecule has 35 heavy (non-hydrogen) atoms. The second-order valence-electron chi connectivity index (χ2n) is 8.94. The van der Waals surface area contributed by atoms with Gasteiger partial charge in [0, 0.05) is 18.2 Å². The van der Waals surface area contributed by atoms with Gasteiger partial charge in [-0.1, -0.05) is 29.8 Å². The summed E-state index contributed by atoms with van der Waals surface area (Å²) in [5, 5.41) is 11.8. The third-order valence-electron chi connectivity index (χ3n) is 6.39. The molecule has 2 aliphatic heterocycles. The molecule has 2 aromatic rings. The molecule has 1 saturated heterocycles. The molecule has 0 bridgehead atoms. The Balaban J connectivity index is 1.62. The fourth-order valence-corrected chi connectivity index (χ4v) is 5.01. The van der Waals surface area contributed by atoms with Crippen LogP contribution in [0.3, 0.4) is 0 Å². The smallest absolute Gasteiger partial charge is 0.258 e. The van der Waals surface area contributed by atoms with Gasteiger partial charge in [0.1, 0.15) is 6.07 Å². The zero-order chi connectivity index (χ0) is 25.3. The van der Waals surface area contributed by atoms with Crippen molar-refractivity contribution in [2.24, 2.45) is 10.7 Å². The summed E-state index contributed by atoms with van der Waals surface area (Å²) >= 11 is 6.65. The molecule has 8 nitrogen and oxygen atoms in total. The van der Waals surface area contributed by atoms with E-state index in [4.69, 9.17) is 27.3 Å². The summed E-state index contributed by atoms with van der Waals surface area (Å²) in [4.78, 5) is 32.1. The molecular weight excluding hydrogens is 473 g/mol. The Bertz CT molecular complexity index is 1260. The second-order valence-corrected chi connectivity index (χ2v) is 9.32. The number of halogens is 2. The van der Waals surface area contributed by atoms with E-state index in [1.54, 1.807) is 36.1 Å². The van der Waals surface area contributed by atoms with Gasteiger partial charge in [0.2, 0.25) is 5.91 Å². The molecule has 0 saturated carbocycles. The van der Waals surface area contributed by atoms with Gasteiger partial charge in [-0.3, -0.25) is 14.5 Å². The molecule has 2 amide bonds. The minimum absolute atomic E-state index is 0.0242. The molecule has 182 valence electrons. The summed E-state index contributed by atoms with van der Waals surface area (Å²) in [5.74, 6) is -1.72. The number of nitrogens with two attached hydrogens (primary N) is 1. The first-order valence-electron chi connectivity index (χ1n) is 11.2. The molecule has 2 aromatic carbocycles. The topological polar surface area (TPSA) is 121 Å². The molecule has 3 atom stereocenters. The first-order valence-corrected chi connectivity index (χ1v) is 11.6. The summed E-state index contributed by atoms with van der Waals surface area (Å²) < 4.78 is 20.0. The third-order valence-corrected chi connectivity index (χ3v) is 6.79. The number of rotatable bonds is 4. The van der Waals surface area contributed by atoms with Crippen molar-refractivity contribution in [3.63, 3.8) is 0 Å². The summed E-state index contributed by atoms with van der Waals surface area (Å²) in [6.45, 7) is 4.26. The molecule has 10 heteroatoms. The zero-order valence-electron chi connectivity index (χ0n) is 19.3. The van der Waals surface area contributed by atoms with Crippen molar-refractivity contribution in [1.82, 2.24) is 4.90 Å². The van der Waals surface area contributed by atoms with Crippen LogP contribution >= 0.6 is 11.6 Å². The monoisotopic (exact) mass is 497 g/mol. The number of benzene rings is 2. The van der Waals surface area contributed by atoms with Crippen LogP contribution in [0.4, 0.5) is 10.1 Å². The maximum atomic E-state index is 14.5. The Kier molecular flexibility index (Phi) is 6.79. The lowest BCUT2D eigenvalue weighted by molar-refractivity contribution is -0.133. The number of ether oxygens (including phenoxy) is 1. The first-order chi connectivity index (χ1) is 16.6. The number of hydrogen-bond donors (Lipinski definition) is 2. The largest absolute Gasteiger partial charge is 0.378 e. The molecule has 0 aliphatic carbocycles. The van der Waals surface area contributed by atoms with Crippen LogP contribution in [-0.2, 0) is 15.1 Å². The highest BCUT2D eigenvalue weighted by molar-refractivity contribution is 6.35. The standard InChI is InChI=1S/C25H25ClFN5O3/c1-14-11-16(9-10-35-14)32-20(33)12-25(2,31-24(32)29)18-7-4-8-19(21(18)26)30-23(34)17-6-3-5-15(13-28)22(17)27/h3-8,14,16H,9-12H2,1-2H3,(H2,29,31)(H,30,34)/t14-,16-,25+/m1/s1. The Morgan fingerprint density at radius 3 is 2.80 bits per heavy atom. The minimum atomic E-state index is -1.06. The van der Waals surface area contributed by atoms with Crippen molar-refractivity contribution in [2.45, 2.75) is 50.8 Å². The number of nitriles is 1. The van der Waals surface area contributed by atoms with Gasteiger partial charge in [0.05, 0.1) is 39.9 Å². The van der Waals surface area contributed by atoms with Gasteiger partial charge in [0.25, 0.3) is 5.91 Å². The normalized spacial score (nSPS) is 24.5. The Morgan fingerprint density at radius 2 is 2.11 bits per heavy atom. The Labute approximate surface area is 207 Å². The maximum Gasteiger partial charge on any atom is 0.258 e. The average Bonchev–Trinajstić information content (AvgIpc) is 2.80. The van der Waals surface area contributed by atoms with E-state index in [1.165, 1.54) is 18.2 Å². The molecule has 3 N–H and O–H groups in total. The number of nitrogens with zero attached hydrogens (tertiary/aromatic N) is 3. The van der Waals surface area contributed by atoms with Crippen molar-refractivity contribution in [3.05, 3.63) is 63.9 Å². The predicted molar refractivity (Wildman–Crippen MR) is 129 cm³/mol. The lowest BCUT2D eigenvalue weighted by atomic mass is 9.86. The lowest BCUT2D eigenvalue weighted by Gasteiger charge is -2.41. The lowest BCUT2D eigenvalue weighted by Crippen LogP contribution is -2.56. The number of aliphatic imine (C=N–C) groups is 1. The van der Waals surface area contributed by atoms with Crippen LogP contribution in [0.1, 0.15) is 54.6 Å². The molecule has 1 fully saturated rings. The van der Waals surface area contributed by atoms with Gasteiger partial charge < -0.3 is 15.8 Å². The highest BCUT2D eigenvalue weighted by atomic mass is 35.5. The summed E-state index contributed by atoms with van der Waals surface area (Å²) in [5.41, 5.74) is 5.42. The van der Waals surface area contributed by atoms with E-state index >= 15 is 0 Å². The summed E-state index contributed by atoms with van der Waals surface area (Å²) in [6.07, 6.45) is 1.41. The van der Waals surface area contributed by atoms with E-state index in [1.807, 2.05) is 6.92 Å². The van der Waals surface area contributed by atoms with Gasteiger partial charge in [-0.15, -0.1) is 0 Å². The highest BCUT2D eigenvalue weighted by Gasteiger charge is 2.42. The van der Waals surface area contributed by atoms with Crippen molar-refractivity contribution >= 4 is 35.1 Å². The van der Waals surface area contributed by atoms with Crippen LogP contribution in [0.2, 0.25) is 5.02 Å².